The fraction of sp³-hybridized carbons (Fsp3) is 0.0500. The maximum absolute atomic E-state index is 12.3. The van der Waals surface area contributed by atoms with Crippen LogP contribution in [0.2, 0.25) is 0 Å². The Morgan fingerprint density at radius 3 is 2.42 bits per heavy atom. The van der Waals surface area contributed by atoms with E-state index in [0.717, 1.165) is 16.0 Å². The second-order valence-corrected chi connectivity index (χ2v) is 6.55. The fourth-order valence-corrected chi connectivity index (χ4v) is 3.17. The number of nitrogens with zero attached hydrogens (tertiary/aromatic N) is 2. The molecular weight excluding hydrogens is 346 g/mol. The number of aromatic nitrogens is 2. The number of nitrogens with one attached hydrogen (secondary N) is 1. The van der Waals surface area contributed by atoms with Crippen molar-refractivity contribution in [2.45, 2.75) is 6.54 Å². The molecule has 6 heteroatoms. The van der Waals surface area contributed by atoms with Crippen molar-refractivity contribution in [3.05, 3.63) is 83.6 Å². The van der Waals surface area contributed by atoms with Gasteiger partial charge in [-0.05, 0) is 34.7 Å². The Kier molecular flexibility index (Phi) is 4.57. The molecule has 0 saturated carbocycles. The molecule has 0 bridgehead atoms. The van der Waals surface area contributed by atoms with Gasteiger partial charge in [-0.15, -0.1) is 21.5 Å². The van der Waals surface area contributed by atoms with Gasteiger partial charge in [-0.25, -0.2) is 0 Å². The maximum atomic E-state index is 12.3. The molecule has 0 fully saturated rings. The Labute approximate surface area is 154 Å². The van der Waals surface area contributed by atoms with Crippen molar-refractivity contribution in [3.8, 4) is 21.9 Å². The predicted molar refractivity (Wildman–Crippen MR) is 101 cm³/mol. The third-order valence-corrected chi connectivity index (χ3v) is 4.71. The number of carbonyl (C=O) groups excluding carboxylic acids is 1. The lowest BCUT2D eigenvalue weighted by Gasteiger charge is -2.05. The minimum absolute atomic E-state index is 0.180. The van der Waals surface area contributed by atoms with Crippen molar-refractivity contribution >= 4 is 17.2 Å². The minimum Gasteiger partial charge on any atom is -0.418 e. The summed E-state index contributed by atoms with van der Waals surface area (Å²) in [6, 6.07) is 21.4. The van der Waals surface area contributed by atoms with Crippen LogP contribution in [0.25, 0.3) is 21.9 Å². The van der Waals surface area contributed by atoms with Crippen molar-refractivity contribution in [2.75, 3.05) is 0 Å². The lowest BCUT2D eigenvalue weighted by molar-refractivity contribution is 0.0947. The Morgan fingerprint density at radius 1 is 0.923 bits per heavy atom. The second kappa shape index (κ2) is 7.33. The molecule has 0 spiro atoms. The summed E-state index contributed by atoms with van der Waals surface area (Å²) in [4.78, 5) is 13.2. The Morgan fingerprint density at radius 2 is 1.69 bits per heavy atom. The topological polar surface area (TPSA) is 68.0 Å². The van der Waals surface area contributed by atoms with Crippen LogP contribution in [0.15, 0.2) is 76.5 Å². The standard InChI is InChI=1S/C20H15N3O2S/c24-19(16-10-8-15(9-11-16)14-5-2-1-3-6-14)21-13-18-22-23-20(25-18)17-7-4-12-26-17/h1-12H,13H2,(H,21,24). The number of amides is 1. The monoisotopic (exact) mass is 361 g/mol. The highest BCUT2D eigenvalue weighted by Crippen LogP contribution is 2.23. The van der Waals surface area contributed by atoms with Crippen LogP contribution in [0, 0.1) is 0 Å². The zero-order valence-electron chi connectivity index (χ0n) is 13.8. The number of benzene rings is 2. The van der Waals surface area contributed by atoms with E-state index in [1.165, 1.54) is 11.3 Å². The van der Waals surface area contributed by atoms with Gasteiger partial charge < -0.3 is 9.73 Å². The molecule has 128 valence electrons. The molecule has 4 aromatic rings. The first-order valence-corrected chi connectivity index (χ1v) is 8.97. The number of thiophene rings is 1. The number of hydrogen-bond donors (Lipinski definition) is 1. The minimum atomic E-state index is -0.180. The highest BCUT2D eigenvalue weighted by atomic mass is 32.1. The summed E-state index contributed by atoms with van der Waals surface area (Å²) in [5.74, 6) is 0.666. The van der Waals surface area contributed by atoms with Gasteiger partial charge >= 0.3 is 0 Å². The van der Waals surface area contributed by atoms with Crippen molar-refractivity contribution in [1.29, 1.82) is 0 Å². The lowest BCUT2D eigenvalue weighted by atomic mass is 10.0. The summed E-state index contributed by atoms with van der Waals surface area (Å²) in [5, 5.41) is 12.7. The average Bonchev–Trinajstić information content (AvgIpc) is 3.38. The van der Waals surface area contributed by atoms with E-state index < -0.39 is 0 Å². The molecule has 2 aromatic heterocycles. The molecule has 4 rings (SSSR count). The molecule has 5 nitrogen and oxygen atoms in total. The molecule has 26 heavy (non-hydrogen) atoms. The zero-order valence-corrected chi connectivity index (χ0v) is 14.6. The smallest absolute Gasteiger partial charge is 0.257 e. The molecule has 1 N–H and O–H groups in total. The van der Waals surface area contributed by atoms with Crippen molar-refractivity contribution in [1.82, 2.24) is 15.5 Å². The van der Waals surface area contributed by atoms with E-state index in [-0.39, 0.29) is 12.5 Å². The van der Waals surface area contributed by atoms with Gasteiger partial charge in [0.25, 0.3) is 11.8 Å². The molecule has 2 aromatic carbocycles. The molecule has 0 radical (unpaired) electrons. The van der Waals surface area contributed by atoms with Crippen LogP contribution in [0.1, 0.15) is 16.2 Å². The van der Waals surface area contributed by atoms with Gasteiger partial charge in [0.05, 0.1) is 11.4 Å². The van der Waals surface area contributed by atoms with E-state index in [9.17, 15) is 4.79 Å². The number of rotatable bonds is 5. The molecule has 0 aliphatic heterocycles. The predicted octanol–water partition coefficient (Wildman–Crippen LogP) is 4.40. The molecule has 0 aliphatic rings. The van der Waals surface area contributed by atoms with E-state index >= 15 is 0 Å². The third kappa shape index (κ3) is 3.55. The average molecular weight is 361 g/mol. The zero-order chi connectivity index (χ0) is 17.8. The van der Waals surface area contributed by atoms with Crippen LogP contribution in [-0.2, 0) is 6.54 Å². The first-order chi connectivity index (χ1) is 12.8. The van der Waals surface area contributed by atoms with E-state index in [2.05, 4.69) is 15.5 Å². The lowest BCUT2D eigenvalue weighted by Crippen LogP contribution is -2.22. The Bertz CT molecular complexity index is 993. The van der Waals surface area contributed by atoms with E-state index in [0.29, 0.717) is 17.3 Å². The van der Waals surface area contributed by atoms with Crippen LogP contribution < -0.4 is 5.32 Å². The molecule has 2 heterocycles. The molecular formula is C20H15N3O2S. The third-order valence-electron chi connectivity index (χ3n) is 3.85. The van der Waals surface area contributed by atoms with Crippen LogP contribution >= 0.6 is 11.3 Å². The summed E-state index contributed by atoms with van der Waals surface area (Å²) in [6.45, 7) is 0.192. The summed E-state index contributed by atoms with van der Waals surface area (Å²) < 4.78 is 5.56. The van der Waals surface area contributed by atoms with Gasteiger partial charge in [0, 0.05) is 5.56 Å². The van der Waals surface area contributed by atoms with Gasteiger partial charge in [-0.1, -0.05) is 48.5 Å². The molecule has 1 amide bonds. The molecule has 0 aliphatic carbocycles. The molecule has 0 unspecified atom stereocenters. The van der Waals surface area contributed by atoms with Gasteiger partial charge in [0.15, 0.2) is 0 Å². The van der Waals surface area contributed by atoms with Crippen LogP contribution in [0.3, 0.4) is 0 Å². The van der Waals surface area contributed by atoms with Crippen LogP contribution in [-0.4, -0.2) is 16.1 Å². The summed E-state index contributed by atoms with van der Waals surface area (Å²) in [5.41, 5.74) is 2.77. The second-order valence-electron chi connectivity index (χ2n) is 5.60. The van der Waals surface area contributed by atoms with E-state index in [4.69, 9.17) is 4.42 Å². The quantitative estimate of drug-likeness (QED) is 0.572. The highest BCUT2D eigenvalue weighted by Gasteiger charge is 2.11. The van der Waals surface area contributed by atoms with Crippen molar-refractivity contribution in [3.63, 3.8) is 0 Å². The first kappa shape index (κ1) is 16.2. The summed E-state index contributed by atoms with van der Waals surface area (Å²) in [6.07, 6.45) is 0. The van der Waals surface area contributed by atoms with Gasteiger partial charge in [-0.3, -0.25) is 4.79 Å². The Balaban J connectivity index is 1.39. The maximum Gasteiger partial charge on any atom is 0.257 e. The summed E-state index contributed by atoms with van der Waals surface area (Å²) in [7, 11) is 0. The first-order valence-electron chi connectivity index (χ1n) is 8.09. The van der Waals surface area contributed by atoms with Gasteiger partial charge in [0.2, 0.25) is 5.89 Å². The molecule has 0 atom stereocenters. The highest BCUT2D eigenvalue weighted by molar-refractivity contribution is 7.13. The summed E-state index contributed by atoms with van der Waals surface area (Å²) >= 11 is 1.53. The normalized spacial score (nSPS) is 10.6. The van der Waals surface area contributed by atoms with Crippen molar-refractivity contribution in [2.24, 2.45) is 0 Å². The van der Waals surface area contributed by atoms with Gasteiger partial charge in [-0.2, -0.15) is 0 Å². The van der Waals surface area contributed by atoms with E-state index in [1.54, 1.807) is 0 Å². The van der Waals surface area contributed by atoms with Crippen molar-refractivity contribution < 1.29 is 9.21 Å². The SMILES string of the molecule is O=C(NCc1nnc(-c2cccs2)o1)c1ccc(-c2ccccc2)cc1. The number of hydrogen-bond acceptors (Lipinski definition) is 5. The largest absolute Gasteiger partial charge is 0.418 e. The van der Waals surface area contributed by atoms with Crippen LogP contribution in [0.4, 0.5) is 0 Å². The fourth-order valence-electron chi connectivity index (χ4n) is 2.53. The molecule has 0 saturated heterocycles. The van der Waals surface area contributed by atoms with Crippen LogP contribution in [0.5, 0.6) is 0 Å². The number of carbonyl (C=O) groups is 1. The Hall–Kier alpha value is -3.25. The van der Waals surface area contributed by atoms with E-state index in [1.807, 2.05) is 72.1 Å². The van der Waals surface area contributed by atoms with Gasteiger partial charge in [0.1, 0.15) is 0 Å².